The average molecular weight is 376 g/mol. The largest absolute Gasteiger partial charge is 0.172 e. The predicted octanol–water partition coefficient (Wildman–Crippen LogP) is 7.31. The van der Waals surface area contributed by atoms with Gasteiger partial charge in [0, 0.05) is 11.1 Å². The van der Waals surface area contributed by atoms with Gasteiger partial charge in [0.05, 0.1) is 10.9 Å². The van der Waals surface area contributed by atoms with E-state index >= 15 is 0 Å². The Labute approximate surface area is 168 Å². The number of rotatable bonds is 3. The molecule has 27 heavy (non-hydrogen) atoms. The van der Waals surface area contributed by atoms with Crippen molar-refractivity contribution in [2.45, 2.75) is 68.6 Å². The van der Waals surface area contributed by atoms with E-state index in [1.807, 2.05) is 0 Å². The van der Waals surface area contributed by atoms with E-state index in [-0.39, 0.29) is 16.3 Å². The summed E-state index contributed by atoms with van der Waals surface area (Å²) in [4.78, 5) is 4.24. The first-order valence-electron chi connectivity index (χ1n) is 9.66. The van der Waals surface area contributed by atoms with Gasteiger partial charge in [0.1, 0.15) is 0 Å². The van der Waals surface area contributed by atoms with Crippen LogP contribution in [0.1, 0.15) is 48.6 Å². The maximum Gasteiger partial charge on any atom is 0.172 e. The fourth-order valence-corrected chi connectivity index (χ4v) is 5.75. The topological polar surface area (TPSA) is 0 Å². The van der Waals surface area contributed by atoms with Crippen LogP contribution in [0.15, 0.2) is 75.4 Å². The van der Waals surface area contributed by atoms with E-state index in [0.29, 0.717) is 0 Å². The first-order valence-corrected chi connectivity index (χ1v) is 10.9. The highest BCUT2D eigenvalue weighted by molar-refractivity contribution is 7.97. The van der Waals surface area contributed by atoms with Crippen LogP contribution in [0.3, 0.4) is 0 Å². The summed E-state index contributed by atoms with van der Waals surface area (Å²) < 4.78 is 0. The molecule has 3 rings (SSSR count). The molecule has 0 amide bonds. The van der Waals surface area contributed by atoms with Crippen molar-refractivity contribution in [3.63, 3.8) is 0 Å². The Morgan fingerprint density at radius 3 is 1.30 bits per heavy atom. The second kappa shape index (κ2) is 7.56. The minimum Gasteiger partial charge on any atom is -0.0561 e. The molecule has 0 aromatic heterocycles. The lowest BCUT2D eigenvalue weighted by Crippen LogP contribution is -2.15. The molecule has 0 spiro atoms. The fraction of sp³-hybridized carbons (Fsp3) is 0.308. The Morgan fingerprint density at radius 2 is 0.963 bits per heavy atom. The van der Waals surface area contributed by atoms with Crippen molar-refractivity contribution in [1.82, 2.24) is 0 Å². The van der Waals surface area contributed by atoms with E-state index in [9.17, 15) is 0 Å². The molecule has 0 aliphatic carbocycles. The van der Waals surface area contributed by atoms with E-state index in [2.05, 4.69) is 109 Å². The maximum absolute atomic E-state index is 2.39. The van der Waals surface area contributed by atoms with Gasteiger partial charge in [0.2, 0.25) is 0 Å². The van der Waals surface area contributed by atoms with Crippen molar-refractivity contribution in [2.75, 3.05) is 0 Å². The van der Waals surface area contributed by atoms with Crippen LogP contribution in [0.4, 0.5) is 0 Å². The van der Waals surface area contributed by atoms with E-state index in [0.717, 1.165) is 0 Å². The lowest BCUT2D eigenvalue weighted by atomic mass is 9.85. The number of hydrogen-bond acceptors (Lipinski definition) is 0. The molecule has 0 saturated heterocycles. The molecule has 3 aromatic carbocycles. The van der Waals surface area contributed by atoms with Crippen LogP contribution in [-0.4, -0.2) is 0 Å². The summed E-state index contributed by atoms with van der Waals surface area (Å²) >= 11 is 0. The molecular formula is C26H31S+. The Balaban J connectivity index is 2.22. The SMILES string of the molecule is Cc1ccc([S+](c2ccc(C)cc2)c2c(C)cc(C(C)(C)C)cc2C)cc1. The molecule has 0 aliphatic rings. The normalized spacial score (nSPS) is 11.9. The minimum absolute atomic E-state index is 0.0894. The van der Waals surface area contributed by atoms with E-state index in [1.165, 1.54) is 42.5 Å². The third-order valence-corrected chi connectivity index (χ3v) is 7.58. The van der Waals surface area contributed by atoms with Crippen LogP contribution in [0.25, 0.3) is 0 Å². The zero-order chi connectivity index (χ0) is 19.8. The molecule has 1 heteroatoms. The monoisotopic (exact) mass is 375 g/mol. The van der Waals surface area contributed by atoms with Gasteiger partial charge in [-0.05, 0) is 62.9 Å². The highest BCUT2D eigenvalue weighted by atomic mass is 32.2. The van der Waals surface area contributed by atoms with Gasteiger partial charge in [-0.25, -0.2) is 0 Å². The van der Waals surface area contributed by atoms with Crippen LogP contribution in [0.5, 0.6) is 0 Å². The van der Waals surface area contributed by atoms with Crippen LogP contribution < -0.4 is 0 Å². The summed E-state index contributed by atoms with van der Waals surface area (Å²) in [5.41, 5.74) is 6.98. The molecule has 0 heterocycles. The van der Waals surface area contributed by atoms with Crippen LogP contribution >= 0.6 is 0 Å². The van der Waals surface area contributed by atoms with Gasteiger partial charge in [0.25, 0.3) is 0 Å². The third kappa shape index (κ3) is 4.30. The lowest BCUT2D eigenvalue weighted by molar-refractivity contribution is 0.588. The van der Waals surface area contributed by atoms with E-state index in [1.54, 1.807) is 0 Å². The molecule has 0 aliphatic heterocycles. The molecule has 3 aromatic rings. The van der Waals surface area contributed by atoms with Gasteiger partial charge < -0.3 is 0 Å². The van der Waals surface area contributed by atoms with Crippen LogP contribution in [0.2, 0.25) is 0 Å². The van der Waals surface area contributed by atoms with Gasteiger partial charge in [0.15, 0.2) is 14.7 Å². The molecule has 0 unspecified atom stereocenters. The zero-order valence-electron chi connectivity index (χ0n) is 17.7. The van der Waals surface area contributed by atoms with Gasteiger partial charge in [-0.1, -0.05) is 68.3 Å². The number of hydrogen-bond donors (Lipinski definition) is 0. The zero-order valence-corrected chi connectivity index (χ0v) is 18.5. The summed E-state index contributed by atoms with van der Waals surface area (Å²) in [7, 11) is -0.0894. The van der Waals surface area contributed by atoms with E-state index < -0.39 is 0 Å². The smallest absolute Gasteiger partial charge is 0.0561 e. The van der Waals surface area contributed by atoms with Crippen molar-refractivity contribution in [3.8, 4) is 0 Å². The number of benzene rings is 3. The molecule has 0 saturated carbocycles. The predicted molar refractivity (Wildman–Crippen MR) is 119 cm³/mol. The highest BCUT2D eigenvalue weighted by Crippen LogP contribution is 2.37. The Kier molecular flexibility index (Phi) is 5.53. The molecule has 0 fully saturated rings. The molecule has 0 nitrogen and oxygen atoms in total. The first-order chi connectivity index (χ1) is 12.7. The van der Waals surface area contributed by atoms with Crippen molar-refractivity contribution in [2.24, 2.45) is 0 Å². The number of aryl methyl sites for hydroxylation is 4. The lowest BCUT2D eigenvalue weighted by Gasteiger charge is -2.22. The summed E-state index contributed by atoms with van der Waals surface area (Å²) in [6.07, 6.45) is 0. The summed E-state index contributed by atoms with van der Waals surface area (Å²) in [6.45, 7) is 15.7. The average Bonchev–Trinajstić information content (AvgIpc) is 2.59. The van der Waals surface area contributed by atoms with Gasteiger partial charge in [-0.3, -0.25) is 0 Å². The molecular weight excluding hydrogens is 344 g/mol. The molecule has 0 bridgehead atoms. The molecule has 0 atom stereocenters. The van der Waals surface area contributed by atoms with Gasteiger partial charge >= 0.3 is 0 Å². The molecule has 140 valence electrons. The van der Waals surface area contributed by atoms with Crippen LogP contribution in [0, 0.1) is 27.7 Å². The Bertz CT molecular complexity index is 857. The van der Waals surface area contributed by atoms with Gasteiger partial charge in [-0.15, -0.1) is 0 Å². The second-order valence-corrected chi connectivity index (χ2v) is 10.6. The van der Waals surface area contributed by atoms with Crippen molar-refractivity contribution in [1.29, 1.82) is 0 Å². The summed E-state index contributed by atoms with van der Waals surface area (Å²) in [6, 6.07) is 22.9. The first kappa shape index (κ1) is 19.8. The van der Waals surface area contributed by atoms with Crippen molar-refractivity contribution >= 4 is 10.9 Å². The maximum atomic E-state index is 2.39. The quantitative estimate of drug-likeness (QED) is 0.421. The molecule has 0 N–H and O–H groups in total. The van der Waals surface area contributed by atoms with Gasteiger partial charge in [-0.2, -0.15) is 0 Å². The third-order valence-electron chi connectivity index (χ3n) is 5.04. The summed E-state index contributed by atoms with van der Waals surface area (Å²) in [5, 5.41) is 0. The van der Waals surface area contributed by atoms with Crippen molar-refractivity contribution < 1.29 is 0 Å². The standard InChI is InChI=1S/C26H31S/c1-18-8-12-23(13-9-18)27(24-14-10-19(2)11-15-24)25-20(3)16-22(17-21(25)4)26(5,6)7/h8-17H,1-7H3/q+1. The van der Waals surface area contributed by atoms with Crippen molar-refractivity contribution in [3.05, 3.63) is 88.5 Å². The summed E-state index contributed by atoms with van der Waals surface area (Å²) in [5.74, 6) is 0. The van der Waals surface area contributed by atoms with E-state index in [4.69, 9.17) is 0 Å². The Morgan fingerprint density at radius 1 is 0.593 bits per heavy atom. The Hall–Kier alpha value is -1.99. The molecule has 0 radical (unpaired) electrons. The minimum atomic E-state index is -0.0894. The fourth-order valence-electron chi connectivity index (χ4n) is 3.43. The van der Waals surface area contributed by atoms with Crippen LogP contribution in [-0.2, 0) is 16.3 Å². The second-order valence-electron chi connectivity index (χ2n) is 8.62. The highest BCUT2D eigenvalue weighted by Gasteiger charge is 2.33.